The highest BCUT2D eigenvalue weighted by Crippen LogP contribution is 2.16. The Labute approximate surface area is 100 Å². The average molecular weight is 225 g/mol. The molecule has 1 saturated carbocycles. The van der Waals surface area contributed by atoms with Crippen LogP contribution in [0.25, 0.3) is 0 Å². The highest BCUT2D eigenvalue weighted by atomic mass is 16.5. The van der Waals surface area contributed by atoms with Gasteiger partial charge in [0.15, 0.2) is 0 Å². The van der Waals surface area contributed by atoms with E-state index in [0.717, 1.165) is 32.2 Å². The van der Waals surface area contributed by atoms with E-state index in [1.54, 1.807) is 0 Å². The number of ether oxygens (including phenoxy) is 1. The summed E-state index contributed by atoms with van der Waals surface area (Å²) in [4.78, 5) is 0. The Morgan fingerprint density at radius 2 is 1.75 bits per heavy atom. The van der Waals surface area contributed by atoms with Gasteiger partial charge in [0.05, 0.1) is 13.2 Å². The lowest BCUT2D eigenvalue weighted by atomic mass is 9.97. The van der Waals surface area contributed by atoms with Gasteiger partial charge in [-0.05, 0) is 19.3 Å². The highest BCUT2D eigenvalue weighted by molar-refractivity contribution is 4.69. The van der Waals surface area contributed by atoms with Crippen molar-refractivity contribution in [1.82, 2.24) is 5.32 Å². The fourth-order valence-corrected chi connectivity index (χ4v) is 2.26. The lowest BCUT2D eigenvalue weighted by molar-refractivity contribution is 0.137. The minimum atomic E-state index is 0.739. The quantitative estimate of drug-likeness (QED) is 0.530. The third-order valence-electron chi connectivity index (χ3n) is 3.25. The maximum atomic E-state index is 5.49. The minimum Gasteiger partial charge on any atom is -0.380 e. The molecule has 1 aliphatic rings. The SMILES string of the molecule is C=CCCOCCNC1CCCCCCC1. The molecule has 1 fully saturated rings. The van der Waals surface area contributed by atoms with Crippen LogP contribution in [0.1, 0.15) is 51.4 Å². The molecular weight excluding hydrogens is 198 g/mol. The third kappa shape index (κ3) is 7.02. The molecule has 94 valence electrons. The van der Waals surface area contributed by atoms with Crippen LogP contribution in [0.5, 0.6) is 0 Å². The van der Waals surface area contributed by atoms with Gasteiger partial charge in [-0.15, -0.1) is 6.58 Å². The first-order valence-electron chi connectivity index (χ1n) is 6.85. The molecule has 0 radical (unpaired) electrons. The number of nitrogens with one attached hydrogen (secondary N) is 1. The first kappa shape index (κ1) is 13.7. The van der Waals surface area contributed by atoms with Crippen molar-refractivity contribution in [2.24, 2.45) is 0 Å². The highest BCUT2D eigenvalue weighted by Gasteiger charge is 2.09. The van der Waals surface area contributed by atoms with E-state index in [9.17, 15) is 0 Å². The van der Waals surface area contributed by atoms with Crippen molar-refractivity contribution in [3.63, 3.8) is 0 Å². The maximum absolute atomic E-state index is 5.49. The number of hydrogen-bond acceptors (Lipinski definition) is 2. The van der Waals surface area contributed by atoms with Gasteiger partial charge in [-0.3, -0.25) is 0 Å². The first-order chi connectivity index (χ1) is 7.93. The van der Waals surface area contributed by atoms with E-state index in [1.165, 1.54) is 44.9 Å². The van der Waals surface area contributed by atoms with E-state index < -0.39 is 0 Å². The van der Waals surface area contributed by atoms with Gasteiger partial charge in [-0.25, -0.2) is 0 Å². The van der Waals surface area contributed by atoms with Gasteiger partial charge in [-0.2, -0.15) is 0 Å². The molecule has 0 bridgehead atoms. The van der Waals surface area contributed by atoms with Crippen LogP contribution in [-0.4, -0.2) is 25.8 Å². The summed E-state index contributed by atoms with van der Waals surface area (Å²) in [6, 6.07) is 0.739. The summed E-state index contributed by atoms with van der Waals surface area (Å²) in [6.45, 7) is 6.33. The molecule has 2 nitrogen and oxygen atoms in total. The molecule has 0 heterocycles. The Balaban J connectivity index is 1.95. The molecule has 0 aromatic carbocycles. The van der Waals surface area contributed by atoms with Crippen molar-refractivity contribution < 1.29 is 4.74 Å². The Morgan fingerprint density at radius 1 is 1.06 bits per heavy atom. The van der Waals surface area contributed by atoms with Crippen LogP contribution in [0.4, 0.5) is 0 Å². The second kappa shape index (κ2) is 9.86. The molecule has 0 aromatic heterocycles. The molecule has 0 saturated heterocycles. The molecular formula is C14H27NO. The molecule has 1 aliphatic carbocycles. The first-order valence-corrected chi connectivity index (χ1v) is 6.85. The van der Waals surface area contributed by atoms with Crippen LogP contribution in [0, 0.1) is 0 Å². The molecule has 0 amide bonds. The van der Waals surface area contributed by atoms with E-state index in [4.69, 9.17) is 4.74 Å². The Bertz CT molecular complexity index is 162. The topological polar surface area (TPSA) is 21.3 Å². The predicted octanol–water partition coefficient (Wildman–Crippen LogP) is 3.28. The molecule has 0 unspecified atom stereocenters. The van der Waals surface area contributed by atoms with Crippen LogP contribution in [-0.2, 0) is 4.74 Å². The number of rotatable bonds is 7. The molecule has 16 heavy (non-hydrogen) atoms. The van der Waals surface area contributed by atoms with Crippen molar-refractivity contribution in [3.05, 3.63) is 12.7 Å². The lowest BCUT2D eigenvalue weighted by Gasteiger charge is -2.20. The molecule has 1 N–H and O–H groups in total. The predicted molar refractivity (Wildman–Crippen MR) is 69.7 cm³/mol. The Kier molecular flexibility index (Phi) is 8.45. The summed E-state index contributed by atoms with van der Waals surface area (Å²) >= 11 is 0. The van der Waals surface area contributed by atoms with Crippen molar-refractivity contribution in [3.8, 4) is 0 Å². The van der Waals surface area contributed by atoms with Crippen LogP contribution < -0.4 is 5.32 Å². The van der Waals surface area contributed by atoms with Crippen LogP contribution in [0.3, 0.4) is 0 Å². The molecule has 0 atom stereocenters. The summed E-state index contributed by atoms with van der Waals surface area (Å²) < 4.78 is 5.49. The molecule has 0 aliphatic heterocycles. The minimum absolute atomic E-state index is 0.739. The standard InChI is InChI=1S/C14H27NO/c1-2-3-12-16-13-11-15-14-9-7-5-4-6-8-10-14/h2,14-15H,1,3-13H2. The zero-order valence-corrected chi connectivity index (χ0v) is 10.5. The molecule has 2 heteroatoms. The van der Waals surface area contributed by atoms with E-state index in [1.807, 2.05) is 6.08 Å². The smallest absolute Gasteiger partial charge is 0.0591 e. The molecule has 0 aromatic rings. The lowest BCUT2D eigenvalue weighted by Crippen LogP contribution is -2.32. The van der Waals surface area contributed by atoms with Gasteiger partial charge in [0.25, 0.3) is 0 Å². The normalized spacial score (nSPS) is 19.0. The van der Waals surface area contributed by atoms with Gasteiger partial charge < -0.3 is 10.1 Å². The van der Waals surface area contributed by atoms with Crippen molar-refractivity contribution in [2.45, 2.75) is 57.4 Å². The van der Waals surface area contributed by atoms with E-state index in [2.05, 4.69) is 11.9 Å². The van der Waals surface area contributed by atoms with Crippen LogP contribution >= 0.6 is 0 Å². The van der Waals surface area contributed by atoms with Crippen molar-refractivity contribution in [2.75, 3.05) is 19.8 Å². The molecule has 1 rings (SSSR count). The molecule has 0 spiro atoms. The fraction of sp³-hybridized carbons (Fsp3) is 0.857. The zero-order valence-electron chi connectivity index (χ0n) is 10.5. The maximum Gasteiger partial charge on any atom is 0.0591 e. The summed E-state index contributed by atoms with van der Waals surface area (Å²) in [5.74, 6) is 0. The van der Waals surface area contributed by atoms with E-state index in [-0.39, 0.29) is 0 Å². The van der Waals surface area contributed by atoms with E-state index in [0.29, 0.717) is 0 Å². The fourth-order valence-electron chi connectivity index (χ4n) is 2.26. The van der Waals surface area contributed by atoms with Gasteiger partial charge >= 0.3 is 0 Å². The summed E-state index contributed by atoms with van der Waals surface area (Å²) in [6.07, 6.45) is 12.7. The van der Waals surface area contributed by atoms with Crippen molar-refractivity contribution >= 4 is 0 Å². The summed E-state index contributed by atoms with van der Waals surface area (Å²) in [5, 5.41) is 3.62. The van der Waals surface area contributed by atoms with E-state index >= 15 is 0 Å². The second-order valence-corrected chi connectivity index (χ2v) is 4.69. The number of hydrogen-bond donors (Lipinski definition) is 1. The summed E-state index contributed by atoms with van der Waals surface area (Å²) in [7, 11) is 0. The van der Waals surface area contributed by atoms with Gasteiger partial charge in [0, 0.05) is 12.6 Å². The summed E-state index contributed by atoms with van der Waals surface area (Å²) in [5.41, 5.74) is 0. The third-order valence-corrected chi connectivity index (χ3v) is 3.25. The average Bonchev–Trinajstić information content (AvgIpc) is 2.25. The monoisotopic (exact) mass is 225 g/mol. The Hall–Kier alpha value is -0.340. The van der Waals surface area contributed by atoms with Gasteiger partial charge in [0.1, 0.15) is 0 Å². The Morgan fingerprint density at radius 3 is 2.44 bits per heavy atom. The van der Waals surface area contributed by atoms with Crippen LogP contribution in [0.15, 0.2) is 12.7 Å². The van der Waals surface area contributed by atoms with Gasteiger partial charge in [-0.1, -0.05) is 38.2 Å². The zero-order chi connectivity index (χ0) is 11.5. The van der Waals surface area contributed by atoms with Crippen LogP contribution in [0.2, 0.25) is 0 Å². The van der Waals surface area contributed by atoms with Gasteiger partial charge in [0.2, 0.25) is 0 Å². The van der Waals surface area contributed by atoms with Crippen molar-refractivity contribution in [1.29, 1.82) is 0 Å². The second-order valence-electron chi connectivity index (χ2n) is 4.69. The largest absolute Gasteiger partial charge is 0.380 e.